The Morgan fingerprint density at radius 1 is 1.35 bits per heavy atom. The van der Waals surface area contributed by atoms with Crippen LogP contribution in [0, 0.1) is 6.92 Å². The smallest absolute Gasteiger partial charge is 0.0815 e. The molecule has 2 N–H and O–H groups in total. The number of benzene rings is 1. The van der Waals surface area contributed by atoms with E-state index in [1.165, 1.54) is 24.1 Å². The number of para-hydroxylation sites is 1. The van der Waals surface area contributed by atoms with Gasteiger partial charge in [0.2, 0.25) is 0 Å². The number of anilines is 1. The van der Waals surface area contributed by atoms with E-state index in [9.17, 15) is 0 Å². The molecule has 1 fully saturated rings. The number of ether oxygens (including phenoxy) is 1. The van der Waals surface area contributed by atoms with E-state index < -0.39 is 0 Å². The normalized spacial score (nSPS) is 26.5. The van der Waals surface area contributed by atoms with Crippen LogP contribution in [-0.2, 0) is 4.74 Å². The molecule has 3 nitrogen and oxygen atoms in total. The molecule has 1 aliphatic rings. The predicted molar refractivity (Wildman–Crippen MR) is 85.2 cm³/mol. The number of nitrogens with two attached hydrogens (primary N) is 1. The summed E-state index contributed by atoms with van der Waals surface area (Å²) in [7, 11) is 1.83. The van der Waals surface area contributed by atoms with Crippen LogP contribution in [0.3, 0.4) is 0 Å². The SMILES string of the molecule is CCN(c1ccccc1C)C1(CN)CCCCC1OC. The maximum absolute atomic E-state index is 6.25. The van der Waals surface area contributed by atoms with Gasteiger partial charge in [-0.05, 0) is 38.3 Å². The molecule has 0 radical (unpaired) electrons. The van der Waals surface area contributed by atoms with Crippen LogP contribution in [0.5, 0.6) is 0 Å². The Bertz CT molecular complexity index is 435. The first-order valence-corrected chi connectivity index (χ1v) is 7.75. The van der Waals surface area contributed by atoms with Crippen molar-refractivity contribution < 1.29 is 4.74 Å². The third-order valence-corrected chi connectivity index (χ3v) is 4.82. The van der Waals surface area contributed by atoms with Gasteiger partial charge in [-0.2, -0.15) is 0 Å². The molecule has 1 aromatic rings. The molecule has 0 saturated heterocycles. The fraction of sp³-hybridized carbons (Fsp3) is 0.647. The summed E-state index contributed by atoms with van der Waals surface area (Å²) in [6, 6.07) is 8.58. The van der Waals surface area contributed by atoms with Crippen LogP contribution < -0.4 is 10.6 Å². The molecule has 0 bridgehead atoms. The molecule has 0 amide bonds. The second kappa shape index (κ2) is 6.59. The quantitative estimate of drug-likeness (QED) is 0.898. The van der Waals surface area contributed by atoms with Gasteiger partial charge in [0.05, 0.1) is 11.6 Å². The molecule has 0 aliphatic heterocycles. The predicted octanol–water partition coefficient (Wildman–Crippen LogP) is 3.11. The Kier molecular flexibility index (Phi) is 5.06. The van der Waals surface area contributed by atoms with Crippen molar-refractivity contribution in [1.29, 1.82) is 0 Å². The highest BCUT2D eigenvalue weighted by atomic mass is 16.5. The van der Waals surface area contributed by atoms with Crippen molar-refractivity contribution in [2.24, 2.45) is 5.73 Å². The van der Waals surface area contributed by atoms with Crippen LogP contribution in [-0.4, -0.2) is 31.8 Å². The van der Waals surface area contributed by atoms with Crippen LogP contribution >= 0.6 is 0 Å². The van der Waals surface area contributed by atoms with Gasteiger partial charge in [-0.25, -0.2) is 0 Å². The standard InChI is InChI=1S/C17H28N2O/c1-4-19(15-10-6-5-9-14(15)2)17(13-18)12-8-7-11-16(17)20-3/h5-6,9-10,16H,4,7-8,11-13,18H2,1-3H3. The Labute approximate surface area is 123 Å². The first-order valence-electron chi connectivity index (χ1n) is 7.75. The summed E-state index contributed by atoms with van der Waals surface area (Å²) in [6.45, 7) is 5.99. The molecule has 1 aliphatic carbocycles. The van der Waals surface area contributed by atoms with Gasteiger partial charge in [-0.1, -0.05) is 31.0 Å². The molecular weight excluding hydrogens is 248 g/mol. The fourth-order valence-electron chi connectivity index (χ4n) is 3.77. The van der Waals surface area contributed by atoms with Gasteiger partial charge in [-0.15, -0.1) is 0 Å². The number of methoxy groups -OCH3 is 1. The van der Waals surface area contributed by atoms with Crippen LogP contribution in [0.2, 0.25) is 0 Å². The van der Waals surface area contributed by atoms with E-state index in [1.807, 2.05) is 7.11 Å². The number of likely N-dealkylation sites (N-methyl/N-ethyl adjacent to an activating group) is 1. The lowest BCUT2D eigenvalue weighted by atomic mass is 9.77. The number of aryl methyl sites for hydroxylation is 1. The Hall–Kier alpha value is -1.06. The van der Waals surface area contributed by atoms with E-state index in [4.69, 9.17) is 10.5 Å². The highest BCUT2D eigenvalue weighted by Crippen LogP contribution is 2.38. The summed E-state index contributed by atoms with van der Waals surface area (Å²) in [5.41, 5.74) is 8.79. The molecule has 2 unspecified atom stereocenters. The second-order valence-corrected chi connectivity index (χ2v) is 5.81. The molecule has 0 aromatic heterocycles. The minimum Gasteiger partial charge on any atom is -0.379 e. The molecule has 1 saturated carbocycles. The summed E-state index contributed by atoms with van der Waals surface area (Å²) in [4.78, 5) is 2.48. The molecule has 0 heterocycles. The van der Waals surface area contributed by atoms with E-state index >= 15 is 0 Å². The first-order chi connectivity index (χ1) is 9.69. The zero-order valence-electron chi connectivity index (χ0n) is 13.1. The van der Waals surface area contributed by atoms with E-state index in [1.54, 1.807) is 0 Å². The van der Waals surface area contributed by atoms with Gasteiger partial charge >= 0.3 is 0 Å². The van der Waals surface area contributed by atoms with E-state index in [0.717, 1.165) is 19.4 Å². The van der Waals surface area contributed by atoms with Crippen molar-refractivity contribution in [3.8, 4) is 0 Å². The zero-order valence-corrected chi connectivity index (χ0v) is 13.1. The van der Waals surface area contributed by atoms with Gasteiger partial charge in [0.15, 0.2) is 0 Å². The van der Waals surface area contributed by atoms with Crippen molar-refractivity contribution in [2.45, 2.75) is 51.2 Å². The molecule has 0 spiro atoms. The van der Waals surface area contributed by atoms with Crippen molar-refractivity contribution >= 4 is 5.69 Å². The Morgan fingerprint density at radius 3 is 2.70 bits per heavy atom. The molecule has 2 atom stereocenters. The monoisotopic (exact) mass is 276 g/mol. The third-order valence-electron chi connectivity index (χ3n) is 4.82. The van der Waals surface area contributed by atoms with Gasteiger partial charge in [0.1, 0.15) is 0 Å². The minimum absolute atomic E-state index is 0.0616. The second-order valence-electron chi connectivity index (χ2n) is 5.81. The Morgan fingerprint density at radius 2 is 2.10 bits per heavy atom. The van der Waals surface area contributed by atoms with Gasteiger partial charge in [0.25, 0.3) is 0 Å². The number of nitrogens with zero attached hydrogens (tertiary/aromatic N) is 1. The number of rotatable bonds is 5. The third kappa shape index (κ3) is 2.57. The lowest BCUT2D eigenvalue weighted by molar-refractivity contribution is 0.00592. The van der Waals surface area contributed by atoms with Crippen LogP contribution in [0.15, 0.2) is 24.3 Å². The molecule has 20 heavy (non-hydrogen) atoms. The largest absolute Gasteiger partial charge is 0.379 e. The summed E-state index contributed by atoms with van der Waals surface area (Å²) >= 11 is 0. The first kappa shape index (κ1) is 15.3. The molecule has 2 rings (SSSR count). The van der Waals surface area contributed by atoms with Crippen molar-refractivity contribution in [1.82, 2.24) is 0 Å². The lowest BCUT2D eigenvalue weighted by Crippen LogP contribution is -2.63. The van der Waals surface area contributed by atoms with Crippen LogP contribution in [0.25, 0.3) is 0 Å². The summed E-state index contributed by atoms with van der Waals surface area (Å²) in [6.07, 6.45) is 4.92. The number of hydrogen-bond acceptors (Lipinski definition) is 3. The summed E-state index contributed by atoms with van der Waals surface area (Å²) in [5, 5.41) is 0. The van der Waals surface area contributed by atoms with Gasteiger partial charge in [-0.3, -0.25) is 0 Å². The Balaban J connectivity index is 2.43. The minimum atomic E-state index is -0.0616. The van der Waals surface area contributed by atoms with Crippen molar-refractivity contribution in [3.05, 3.63) is 29.8 Å². The maximum Gasteiger partial charge on any atom is 0.0815 e. The van der Waals surface area contributed by atoms with Gasteiger partial charge in [0, 0.05) is 25.9 Å². The van der Waals surface area contributed by atoms with Crippen molar-refractivity contribution in [3.63, 3.8) is 0 Å². The van der Waals surface area contributed by atoms with Gasteiger partial charge < -0.3 is 15.4 Å². The molecular formula is C17H28N2O. The highest BCUT2D eigenvalue weighted by Gasteiger charge is 2.44. The lowest BCUT2D eigenvalue weighted by Gasteiger charge is -2.51. The highest BCUT2D eigenvalue weighted by molar-refractivity contribution is 5.55. The maximum atomic E-state index is 6.25. The topological polar surface area (TPSA) is 38.5 Å². The van der Waals surface area contributed by atoms with E-state index in [0.29, 0.717) is 6.54 Å². The average molecular weight is 276 g/mol. The fourth-order valence-corrected chi connectivity index (χ4v) is 3.77. The van der Waals surface area contributed by atoms with E-state index in [-0.39, 0.29) is 11.6 Å². The molecule has 1 aromatic carbocycles. The molecule has 3 heteroatoms. The van der Waals surface area contributed by atoms with Crippen LogP contribution in [0.1, 0.15) is 38.2 Å². The van der Waals surface area contributed by atoms with Crippen LogP contribution in [0.4, 0.5) is 5.69 Å². The van der Waals surface area contributed by atoms with Crippen molar-refractivity contribution in [2.75, 3.05) is 25.1 Å². The average Bonchev–Trinajstić information content (AvgIpc) is 2.50. The summed E-state index contributed by atoms with van der Waals surface area (Å²) in [5.74, 6) is 0. The number of hydrogen-bond donors (Lipinski definition) is 1. The molecule has 112 valence electrons. The summed E-state index contributed by atoms with van der Waals surface area (Å²) < 4.78 is 5.82. The van der Waals surface area contributed by atoms with E-state index in [2.05, 4.69) is 43.0 Å². The zero-order chi connectivity index (χ0) is 14.6.